The van der Waals surface area contributed by atoms with Crippen molar-refractivity contribution in [2.75, 3.05) is 21.9 Å². The molecule has 3 aromatic rings. The molecule has 11 nitrogen and oxygen atoms in total. The Morgan fingerprint density at radius 2 is 2.03 bits per heavy atom. The van der Waals surface area contributed by atoms with Crippen LogP contribution in [0, 0.1) is 6.92 Å². The van der Waals surface area contributed by atoms with E-state index in [-0.39, 0.29) is 17.4 Å². The van der Waals surface area contributed by atoms with Crippen molar-refractivity contribution in [2.45, 2.75) is 32.3 Å². The molecule has 0 saturated heterocycles. The molecule has 0 saturated carbocycles. The Hall–Kier alpha value is -3.57. The van der Waals surface area contributed by atoms with Crippen LogP contribution in [0.5, 0.6) is 0 Å². The molecule has 166 valence electrons. The normalized spacial score (nSPS) is 17.0. The van der Waals surface area contributed by atoms with E-state index in [1.807, 2.05) is 26.8 Å². The summed E-state index contributed by atoms with van der Waals surface area (Å²) in [7, 11) is 0. The number of anilines is 3. The Balaban J connectivity index is 1.70. The number of hydrogen-bond acceptors (Lipinski definition) is 8. The molecular weight excluding hydrogens is 434 g/mol. The number of halogens is 1. The van der Waals surface area contributed by atoms with Crippen molar-refractivity contribution in [3.63, 3.8) is 0 Å². The van der Waals surface area contributed by atoms with Crippen LogP contribution in [0.1, 0.15) is 25.2 Å². The molecule has 0 radical (unpaired) electrons. The number of aliphatic hydroxyl groups excluding tert-OH is 1. The number of aliphatic hydroxyl groups is 1. The molecule has 4 heterocycles. The first-order valence-electron chi connectivity index (χ1n) is 9.68. The molecule has 2 amide bonds. The van der Waals surface area contributed by atoms with E-state index in [4.69, 9.17) is 11.6 Å². The summed E-state index contributed by atoms with van der Waals surface area (Å²) in [5.74, 6) is 0.218. The topological polar surface area (TPSA) is 124 Å². The number of rotatable bonds is 4. The van der Waals surface area contributed by atoms with Crippen LogP contribution in [-0.4, -0.2) is 56.8 Å². The minimum atomic E-state index is -0.828. The zero-order chi connectivity index (χ0) is 23.2. The lowest BCUT2D eigenvalue weighted by atomic mass is 9.79. The first kappa shape index (κ1) is 21.7. The lowest BCUT2D eigenvalue weighted by molar-refractivity contribution is 0.0966. The van der Waals surface area contributed by atoms with Gasteiger partial charge in [0.1, 0.15) is 0 Å². The lowest BCUT2D eigenvalue weighted by Gasteiger charge is -2.42. The number of nitrogens with zero attached hydrogens (tertiary/aromatic N) is 8. The zero-order valence-corrected chi connectivity index (χ0v) is 18.6. The molecule has 0 spiro atoms. The molecule has 0 aliphatic carbocycles. The second kappa shape index (κ2) is 7.84. The average molecular weight is 456 g/mol. The fourth-order valence-corrected chi connectivity index (χ4v) is 3.95. The molecule has 1 aliphatic heterocycles. The minimum absolute atomic E-state index is 0.0764. The van der Waals surface area contributed by atoms with Gasteiger partial charge in [0, 0.05) is 24.9 Å². The zero-order valence-electron chi connectivity index (χ0n) is 17.8. The van der Waals surface area contributed by atoms with E-state index < -0.39 is 17.6 Å². The van der Waals surface area contributed by atoms with Gasteiger partial charge in [0.05, 0.1) is 52.8 Å². The molecule has 1 aliphatic rings. The molecule has 1 unspecified atom stereocenters. The first-order chi connectivity index (χ1) is 15.2. The van der Waals surface area contributed by atoms with Gasteiger partial charge in [-0.05, 0) is 13.0 Å². The standard InChI is InChI=1S/C20H22ClN9O2/c1-11-6-16-24-9-14-17(29(16)27-11)20(2,3)15(31)10-28(14)19(32)26-12-7-13(21)18(25-8-12)30(22-4)23-5/h6-9,15,31H,4-5,10H2,1-3H3,(H,26,32). The number of hydrogen-bond donors (Lipinski definition) is 2. The van der Waals surface area contributed by atoms with Gasteiger partial charge < -0.3 is 10.4 Å². The Kier molecular flexibility index (Phi) is 5.31. The Labute approximate surface area is 189 Å². The second-order valence-electron chi connectivity index (χ2n) is 7.93. The fraction of sp³-hybridized carbons (Fsp3) is 0.300. The summed E-state index contributed by atoms with van der Waals surface area (Å²) in [5, 5.41) is 26.7. The Bertz CT molecular complexity index is 1230. The van der Waals surface area contributed by atoms with Gasteiger partial charge in [-0.1, -0.05) is 25.4 Å². The van der Waals surface area contributed by atoms with Crippen molar-refractivity contribution >= 4 is 53.9 Å². The summed E-state index contributed by atoms with van der Waals surface area (Å²) in [6, 6.07) is 2.88. The van der Waals surface area contributed by atoms with Gasteiger partial charge in [-0.15, -0.1) is 5.12 Å². The number of pyridine rings is 1. The van der Waals surface area contributed by atoms with E-state index in [2.05, 4.69) is 44.0 Å². The van der Waals surface area contributed by atoms with E-state index in [1.54, 1.807) is 10.7 Å². The largest absolute Gasteiger partial charge is 0.390 e. The van der Waals surface area contributed by atoms with Gasteiger partial charge in [0.2, 0.25) is 0 Å². The third-order valence-corrected chi connectivity index (χ3v) is 5.73. The molecule has 2 N–H and O–H groups in total. The number of nitrogens with one attached hydrogen (secondary N) is 1. The number of aromatic nitrogens is 4. The number of hydrazone groups is 2. The van der Waals surface area contributed by atoms with Crippen LogP contribution < -0.4 is 15.3 Å². The van der Waals surface area contributed by atoms with Crippen molar-refractivity contribution in [3.05, 3.63) is 40.9 Å². The quantitative estimate of drug-likeness (QED) is 0.460. The maximum absolute atomic E-state index is 13.2. The van der Waals surface area contributed by atoms with E-state index in [1.165, 1.54) is 17.2 Å². The molecule has 32 heavy (non-hydrogen) atoms. The van der Waals surface area contributed by atoms with Crippen molar-refractivity contribution in [2.24, 2.45) is 10.2 Å². The molecule has 3 aromatic heterocycles. The van der Waals surface area contributed by atoms with Crippen LogP contribution in [0.3, 0.4) is 0 Å². The van der Waals surface area contributed by atoms with Crippen LogP contribution in [0.4, 0.5) is 22.0 Å². The lowest BCUT2D eigenvalue weighted by Crippen LogP contribution is -2.53. The molecule has 12 heteroatoms. The first-order valence-corrected chi connectivity index (χ1v) is 10.1. The summed E-state index contributed by atoms with van der Waals surface area (Å²) in [5.41, 5.74) is 2.38. The highest BCUT2D eigenvalue weighted by atomic mass is 35.5. The van der Waals surface area contributed by atoms with Crippen LogP contribution in [-0.2, 0) is 5.41 Å². The number of β-amino-alcohol motifs (C(OH)–C–C–N with tert-alkyl or cyclic N) is 1. The highest BCUT2D eigenvalue weighted by Crippen LogP contribution is 2.40. The summed E-state index contributed by atoms with van der Waals surface area (Å²) >= 11 is 6.25. The van der Waals surface area contributed by atoms with Crippen LogP contribution in [0.2, 0.25) is 5.02 Å². The Morgan fingerprint density at radius 3 is 2.69 bits per heavy atom. The maximum atomic E-state index is 13.2. The van der Waals surface area contributed by atoms with E-state index in [9.17, 15) is 9.90 Å². The minimum Gasteiger partial charge on any atom is -0.390 e. The SMILES string of the molecule is C=NN(N=C)c1ncc(NC(=O)N2CC(O)C(C)(C)c3c2cnc2cc(C)nn32)cc1Cl. The van der Waals surface area contributed by atoms with Gasteiger partial charge in [-0.3, -0.25) is 4.90 Å². The number of carbonyl (C=O) groups excluding carboxylic acids is 1. The maximum Gasteiger partial charge on any atom is 0.326 e. The van der Waals surface area contributed by atoms with Crippen molar-refractivity contribution in [1.82, 2.24) is 19.6 Å². The van der Waals surface area contributed by atoms with Crippen molar-refractivity contribution in [3.8, 4) is 0 Å². The summed E-state index contributed by atoms with van der Waals surface area (Å²) in [6.45, 7) is 12.5. The van der Waals surface area contributed by atoms with Gasteiger partial charge in [-0.25, -0.2) is 19.3 Å². The molecular formula is C20H22ClN9O2. The highest BCUT2D eigenvalue weighted by Gasteiger charge is 2.43. The predicted octanol–water partition coefficient (Wildman–Crippen LogP) is 2.81. The van der Waals surface area contributed by atoms with E-state index in [0.29, 0.717) is 22.7 Å². The number of fused-ring (bicyclic) bond motifs is 3. The molecule has 0 fully saturated rings. The fourth-order valence-electron chi connectivity index (χ4n) is 3.71. The average Bonchev–Trinajstić information content (AvgIpc) is 3.12. The van der Waals surface area contributed by atoms with Crippen molar-refractivity contribution in [1.29, 1.82) is 0 Å². The summed E-state index contributed by atoms with van der Waals surface area (Å²) in [4.78, 5) is 23.2. The molecule has 0 bridgehead atoms. The second-order valence-corrected chi connectivity index (χ2v) is 8.33. The van der Waals surface area contributed by atoms with Crippen LogP contribution in [0.25, 0.3) is 5.65 Å². The molecule has 4 rings (SSSR count). The number of aryl methyl sites for hydroxylation is 1. The molecule has 1 atom stereocenters. The summed E-state index contributed by atoms with van der Waals surface area (Å²) < 4.78 is 1.68. The number of urea groups is 1. The van der Waals surface area contributed by atoms with Gasteiger partial charge in [0.15, 0.2) is 11.5 Å². The number of carbonyl (C=O) groups is 1. The number of amides is 2. The van der Waals surface area contributed by atoms with Gasteiger partial charge >= 0.3 is 6.03 Å². The molecule has 0 aromatic carbocycles. The van der Waals surface area contributed by atoms with Crippen molar-refractivity contribution < 1.29 is 9.90 Å². The Morgan fingerprint density at radius 1 is 1.31 bits per heavy atom. The van der Waals surface area contributed by atoms with Crippen LogP contribution >= 0.6 is 11.6 Å². The van der Waals surface area contributed by atoms with Gasteiger partial charge in [0.25, 0.3) is 0 Å². The predicted molar refractivity (Wildman–Crippen MR) is 124 cm³/mol. The monoisotopic (exact) mass is 455 g/mol. The van der Waals surface area contributed by atoms with Crippen LogP contribution in [0.15, 0.2) is 34.7 Å². The smallest absolute Gasteiger partial charge is 0.326 e. The highest BCUT2D eigenvalue weighted by molar-refractivity contribution is 6.33. The third kappa shape index (κ3) is 3.45. The van der Waals surface area contributed by atoms with Gasteiger partial charge in [-0.2, -0.15) is 15.3 Å². The third-order valence-electron chi connectivity index (χ3n) is 5.45. The summed E-state index contributed by atoms with van der Waals surface area (Å²) in [6.07, 6.45) is 2.20. The van der Waals surface area contributed by atoms with E-state index >= 15 is 0 Å². The van der Waals surface area contributed by atoms with E-state index in [0.717, 1.165) is 10.8 Å².